The lowest BCUT2D eigenvalue weighted by molar-refractivity contribution is 0.0941. The van der Waals surface area contributed by atoms with Crippen LogP contribution < -0.4 is 5.32 Å². The molecule has 0 atom stereocenters. The molecule has 8 heteroatoms. The number of piperidine rings is 1. The molecule has 2 heterocycles. The van der Waals surface area contributed by atoms with Crippen molar-refractivity contribution in [2.75, 3.05) is 33.7 Å². The van der Waals surface area contributed by atoms with Gasteiger partial charge in [0.25, 0.3) is 16.1 Å². The molecule has 0 saturated carbocycles. The van der Waals surface area contributed by atoms with Crippen LogP contribution in [0.1, 0.15) is 23.2 Å². The fourth-order valence-corrected chi connectivity index (χ4v) is 4.08. The molecule has 1 aliphatic heterocycles. The zero-order valence-corrected chi connectivity index (χ0v) is 13.9. The highest BCUT2D eigenvalue weighted by Crippen LogP contribution is 2.20. The summed E-state index contributed by atoms with van der Waals surface area (Å²) in [5.74, 6) is 0.279. The van der Waals surface area contributed by atoms with E-state index in [0.717, 1.165) is 12.8 Å². The van der Waals surface area contributed by atoms with Gasteiger partial charge in [-0.2, -0.15) is 28.4 Å². The third-order valence-corrected chi connectivity index (χ3v) is 6.32. The quantitative estimate of drug-likeness (QED) is 0.875. The van der Waals surface area contributed by atoms with Crippen LogP contribution in [0.15, 0.2) is 16.8 Å². The SMILES string of the molecule is CN(C)S(=O)(=O)N1CCC(CNC(=O)c2ccsc2)CC1. The van der Waals surface area contributed by atoms with Crippen LogP contribution in [0.25, 0.3) is 0 Å². The Balaban J connectivity index is 1.78. The average molecular weight is 331 g/mol. The number of hydrogen-bond acceptors (Lipinski definition) is 4. The summed E-state index contributed by atoms with van der Waals surface area (Å²) < 4.78 is 26.7. The third kappa shape index (κ3) is 4.03. The van der Waals surface area contributed by atoms with E-state index in [1.165, 1.54) is 19.9 Å². The molecular formula is C13H21N3O3S2. The van der Waals surface area contributed by atoms with Gasteiger partial charge in [-0.3, -0.25) is 4.79 Å². The first-order valence-corrected chi connectivity index (χ1v) is 9.23. The molecule has 0 spiro atoms. The Morgan fingerprint density at radius 2 is 2.10 bits per heavy atom. The van der Waals surface area contributed by atoms with Crippen molar-refractivity contribution in [2.45, 2.75) is 12.8 Å². The van der Waals surface area contributed by atoms with Gasteiger partial charge in [-0.25, -0.2) is 0 Å². The van der Waals surface area contributed by atoms with Crippen LogP contribution in [0.3, 0.4) is 0 Å². The fraction of sp³-hybridized carbons (Fsp3) is 0.615. The molecule has 1 saturated heterocycles. The number of amides is 1. The second-order valence-electron chi connectivity index (χ2n) is 5.35. The smallest absolute Gasteiger partial charge is 0.281 e. The zero-order valence-electron chi connectivity index (χ0n) is 12.3. The minimum atomic E-state index is -3.31. The molecule has 21 heavy (non-hydrogen) atoms. The van der Waals surface area contributed by atoms with E-state index in [0.29, 0.717) is 31.1 Å². The molecule has 6 nitrogen and oxygen atoms in total. The molecule has 0 aliphatic carbocycles. The molecule has 2 rings (SSSR count). The summed E-state index contributed by atoms with van der Waals surface area (Å²) in [7, 11) is -0.221. The van der Waals surface area contributed by atoms with Crippen LogP contribution in [0.4, 0.5) is 0 Å². The lowest BCUT2D eigenvalue weighted by Crippen LogP contribution is -2.45. The maximum absolute atomic E-state index is 12.0. The Morgan fingerprint density at radius 3 is 2.62 bits per heavy atom. The van der Waals surface area contributed by atoms with Gasteiger partial charge >= 0.3 is 0 Å². The largest absolute Gasteiger partial charge is 0.352 e. The van der Waals surface area contributed by atoms with Gasteiger partial charge in [0, 0.05) is 44.7 Å². The summed E-state index contributed by atoms with van der Waals surface area (Å²) in [6, 6.07) is 1.80. The van der Waals surface area contributed by atoms with Crippen LogP contribution in [-0.4, -0.2) is 56.7 Å². The Hall–Kier alpha value is -0.960. The van der Waals surface area contributed by atoms with E-state index in [2.05, 4.69) is 5.32 Å². The van der Waals surface area contributed by atoms with Crippen molar-refractivity contribution < 1.29 is 13.2 Å². The first-order valence-electron chi connectivity index (χ1n) is 6.89. The maximum Gasteiger partial charge on any atom is 0.281 e. The minimum Gasteiger partial charge on any atom is -0.352 e. The number of thiophene rings is 1. The molecule has 0 unspecified atom stereocenters. The predicted molar refractivity (Wildman–Crippen MR) is 83.6 cm³/mol. The molecule has 1 aromatic rings. The predicted octanol–water partition coefficient (Wildman–Crippen LogP) is 0.996. The number of rotatable bonds is 5. The number of nitrogens with one attached hydrogen (secondary N) is 1. The standard InChI is InChI=1S/C13H21N3O3S2/c1-15(2)21(18,19)16-6-3-11(4-7-16)9-14-13(17)12-5-8-20-10-12/h5,8,10-11H,3-4,6-7,9H2,1-2H3,(H,14,17). The third-order valence-electron chi connectivity index (χ3n) is 3.70. The van der Waals surface area contributed by atoms with Crippen LogP contribution in [0, 0.1) is 5.92 Å². The van der Waals surface area contributed by atoms with Gasteiger partial charge < -0.3 is 5.32 Å². The number of nitrogens with zero attached hydrogens (tertiary/aromatic N) is 2. The number of carbonyl (C=O) groups is 1. The fourth-order valence-electron chi connectivity index (χ4n) is 2.31. The van der Waals surface area contributed by atoms with Crippen molar-refractivity contribution in [3.8, 4) is 0 Å². The summed E-state index contributed by atoms with van der Waals surface area (Å²) >= 11 is 1.50. The van der Waals surface area contributed by atoms with Crippen molar-refractivity contribution in [2.24, 2.45) is 5.92 Å². The van der Waals surface area contributed by atoms with Gasteiger partial charge in [0.05, 0.1) is 0 Å². The molecule has 1 aliphatic rings. The van der Waals surface area contributed by atoms with E-state index < -0.39 is 10.2 Å². The van der Waals surface area contributed by atoms with Gasteiger partial charge in [0.15, 0.2) is 0 Å². The molecule has 0 radical (unpaired) electrons. The molecule has 1 amide bonds. The van der Waals surface area contributed by atoms with Gasteiger partial charge in [0.1, 0.15) is 0 Å². The first-order chi connectivity index (χ1) is 9.91. The highest BCUT2D eigenvalue weighted by Gasteiger charge is 2.29. The van der Waals surface area contributed by atoms with E-state index in [4.69, 9.17) is 0 Å². The van der Waals surface area contributed by atoms with Gasteiger partial charge in [0.2, 0.25) is 0 Å². The summed E-state index contributed by atoms with van der Waals surface area (Å²) in [5, 5.41) is 6.62. The normalized spacial score (nSPS) is 18.0. The first kappa shape index (κ1) is 16.4. The van der Waals surface area contributed by atoms with E-state index in [1.54, 1.807) is 20.2 Å². The van der Waals surface area contributed by atoms with Crippen LogP contribution in [0.2, 0.25) is 0 Å². The summed E-state index contributed by atoms with van der Waals surface area (Å²) in [6.07, 6.45) is 1.55. The second-order valence-corrected chi connectivity index (χ2v) is 8.28. The van der Waals surface area contributed by atoms with Crippen LogP contribution >= 0.6 is 11.3 Å². The average Bonchev–Trinajstić information content (AvgIpc) is 2.99. The van der Waals surface area contributed by atoms with Crippen LogP contribution in [-0.2, 0) is 10.2 Å². The molecule has 1 N–H and O–H groups in total. The molecule has 118 valence electrons. The van der Waals surface area contributed by atoms with Crippen molar-refractivity contribution in [1.82, 2.24) is 13.9 Å². The van der Waals surface area contributed by atoms with Crippen molar-refractivity contribution in [3.63, 3.8) is 0 Å². The highest BCUT2D eigenvalue weighted by molar-refractivity contribution is 7.86. The zero-order chi connectivity index (χ0) is 15.5. The summed E-state index contributed by atoms with van der Waals surface area (Å²) in [4.78, 5) is 11.8. The van der Waals surface area contributed by atoms with Crippen molar-refractivity contribution in [1.29, 1.82) is 0 Å². The number of hydrogen-bond donors (Lipinski definition) is 1. The topological polar surface area (TPSA) is 69.7 Å². The van der Waals surface area contributed by atoms with Gasteiger partial charge in [-0.15, -0.1) is 0 Å². The Kier molecular flexibility index (Phi) is 5.37. The molecule has 1 fully saturated rings. The van der Waals surface area contributed by atoms with Crippen LogP contribution in [0.5, 0.6) is 0 Å². The summed E-state index contributed by atoms with van der Waals surface area (Å²) in [6.45, 7) is 1.63. The lowest BCUT2D eigenvalue weighted by Gasteiger charge is -2.32. The van der Waals surface area contributed by atoms with Gasteiger partial charge in [-0.05, 0) is 30.2 Å². The molecule has 0 aromatic carbocycles. The number of carbonyl (C=O) groups excluding carboxylic acids is 1. The van der Waals surface area contributed by atoms with E-state index in [9.17, 15) is 13.2 Å². The molecule has 1 aromatic heterocycles. The Morgan fingerprint density at radius 1 is 1.43 bits per heavy atom. The maximum atomic E-state index is 12.0. The van der Waals surface area contributed by atoms with E-state index >= 15 is 0 Å². The monoisotopic (exact) mass is 331 g/mol. The van der Waals surface area contributed by atoms with E-state index in [-0.39, 0.29) is 5.91 Å². The Bertz CT molecular complexity index is 561. The highest BCUT2D eigenvalue weighted by atomic mass is 32.2. The van der Waals surface area contributed by atoms with Crippen molar-refractivity contribution in [3.05, 3.63) is 22.4 Å². The lowest BCUT2D eigenvalue weighted by atomic mass is 9.98. The van der Waals surface area contributed by atoms with Gasteiger partial charge in [-0.1, -0.05) is 0 Å². The van der Waals surface area contributed by atoms with E-state index in [1.807, 2.05) is 10.8 Å². The Labute approximate surface area is 129 Å². The molecule has 0 bridgehead atoms. The summed E-state index contributed by atoms with van der Waals surface area (Å²) in [5.41, 5.74) is 0.688. The second kappa shape index (κ2) is 6.87. The van der Waals surface area contributed by atoms with Crippen molar-refractivity contribution >= 4 is 27.5 Å². The molecular weight excluding hydrogens is 310 g/mol. The minimum absolute atomic E-state index is 0.0559.